The summed E-state index contributed by atoms with van der Waals surface area (Å²) in [4.78, 5) is 9.56. The molecule has 1 aromatic heterocycles. The average Bonchev–Trinajstić information content (AvgIpc) is 3.10. The van der Waals surface area contributed by atoms with Crippen molar-refractivity contribution in [1.29, 1.82) is 0 Å². The minimum absolute atomic E-state index is 0. The number of benzene rings is 1. The maximum absolute atomic E-state index is 6.02. The number of aryl methyl sites for hydroxylation is 2. The van der Waals surface area contributed by atoms with E-state index in [4.69, 9.17) is 14.3 Å². The van der Waals surface area contributed by atoms with E-state index in [-0.39, 0.29) is 30.1 Å². The van der Waals surface area contributed by atoms with Crippen LogP contribution in [0.5, 0.6) is 5.75 Å². The Morgan fingerprint density at radius 2 is 2.00 bits per heavy atom. The summed E-state index contributed by atoms with van der Waals surface area (Å²) in [6.45, 7) is 14.3. The summed E-state index contributed by atoms with van der Waals surface area (Å²) < 4.78 is 11.2. The molecule has 0 amide bonds. The number of aliphatic imine (C=N–C) groups is 1. The van der Waals surface area contributed by atoms with Crippen LogP contribution < -0.4 is 10.1 Å². The van der Waals surface area contributed by atoms with Crippen molar-refractivity contribution in [1.82, 2.24) is 20.3 Å². The Morgan fingerprint density at radius 1 is 1.23 bits per heavy atom. The first-order chi connectivity index (χ1) is 14.0. The van der Waals surface area contributed by atoms with E-state index in [2.05, 4.69) is 53.2 Å². The first kappa shape index (κ1) is 24.5. The lowest BCUT2D eigenvalue weighted by molar-refractivity contribution is 0.168. The first-order valence-electron chi connectivity index (χ1n) is 10.4. The number of aromatic nitrogens is 1. The van der Waals surface area contributed by atoms with Crippen LogP contribution in [0, 0.1) is 13.8 Å². The van der Waals surface area contributed by atoms with Gasteiger partial charge in [0.1, 0.15) is 17.6 Å². The zero-order valence-corrected chi connectivity index (χ0v) is 20.8. The molecule has 1 aliphatic heterocycles. The Morgan fingerprint density at radius 3 is 2.63 bits per heavy atom. The van der Waals surface area contributed by atoms with Gasteiger partial charge in [-0.1, -0.05) is 17.3 Å². The molecule has 8 heteroatoms. The van der Waals surface area contributed by atoms with Crippen molar-refractivity contribution in [3.63, 3.8) is 0 Å². The van der Waals surface area contributed by atoms with Gasteiger partial charge in [0.25, 0.3) is 0 Å². The van der Waals surface area contributed by atoms with Crippen molar-refractivity contribution in [3.05, 3.63) is 47.3 Å². The molecule has 1 fully saturated rings. The Kier molecular flexibility index (Phi) is 9.90. The topological polar surface area (TPSA) is 66.1 Å². The molecule has 0 radical (unpaired) electrons. The summed E-state index contributed by atoms with van der Waals surface area (Å²) in [5, 5.41) is 7.52. The van der Waals surface area contributed by atoms with E-state index in [1.54, 1.807) is 0 Å². The molecule has 0 bridgehead atoms. The van der Waals surface area contributed by atoms with Crippen molar-refractivity contribution in [2.24, 2.45) is 4.99 Å². The fraction of sp³-hybridized carbons (Fsp3) is 0.545. The summed E-state index contributed by atoms with van der Waals surface area (Å²) in [7, 11) is 0. The van der Waals surface area contributed by atoms with Gasteiger partial charge in [-0.3, -0.25) is 4.90 Å². The molecule has 166 valence electrons. The second-order valence-corrected chi connectivity index (χ2v) is 7.63. The average molecular weight is 527 g/mol. The van der Waals surface area contributed by atoms with Gasteiger partial charge in [-0.15, -0.1) is 24.0 Å². The number of piperazine rings is 1. The lowest BCUT2D eigenvalue weighted by Gasteiger charge is -2.36. The monoisotopic (exact) mass is 527 g/mol. The van der Waals surface area contributed by atoms with E-state index < -0.39 is 0 Å². The van der Waals surface area contributed by atoms with E-state index in [0.717, 1.165) is 62.4 Å². The molecular weight excluding hydrogens is 493 g/mol. The van der Waals surface area contributed by atoms with Gasteiger partial charge in [0.05, 0.1) is 12.2 Å². The van der Waals surface area contributed by atoms with Crippen LogP contribution in [-0.2, 0) is 6.54 Å². The molecular formula is C22H34IN5O2. The number of hydrogen-bond donors (Lipinski definition) is 1. The zero-order chi connectivity index (χ0) is 20.6. The minimum Gasteiger partial charge on any atom is -0.489 e. The van der Waals surface area contributed by atoms with Crippen LogP contribution in [0.1, 0.15) is 30.9 Å². The van der Waals surface area contributed by atoms with Gasteiger partial charge in [0.2, 0.25) is 0 Å². The first-order valence-corrected chi connectivity index (χ1v) is 10.4. The van der Waals surface area contributed by atoms with E-state index in [1.807, 2.05) is 25.1 Å². The van der Waals surface area contributed by atoms with Gasteiger partial charge in [-0.25, -0.2) is 4.99 Å². The summed E-state index contributed by atoms with van der Waals surface area (Å²) in [6, 6.07) is 10.1. The molecule has 1 N–H and O–H groups in total. The molecule has 0 aliphatic carbocycles. The highest BCUT2D eigenvalue weighted by molar-refractivity contribution is 14.0. The largest absolute Gasteiger partial charge is 0.489 e. The van der Waals surface area contributed by atoms with Crippen LogP contribution in [0.3, 0.4) is 0 Å². The molecule has 3 rings (SSSR count). The molecule has 2 aromatic rings. The molecule has 2 heterocycles. The summed E-state index contributed by atoms with van der Waals surface area (Å²) in [6.07, 6.45) is 0.0159. The van der Waals surface area contributed by atoms with E-state index >= 15 is 0 Å². The zero-order valence-electron chi connectivity index (χ0n) is 18.4. The molecule has 1 saturated heterocycles. The standard InChI is InChI=1S/C22H33N5O2.HI/c1-5-23-22(24-15-19(4)28-21-8-6-7-17(2)13-21)27-11-9-26(10-12-27)16-20-14-18(3)29-25-20;/h6-8,13-14,19H,5,9-12,15-16H2,1-4H3,(H,23,24);1H. The van der Waals surface area contributed by atoms with Crippen LogP contribution in [0.2, 0.25) is 0 Å². The fourth-order valence-corrected chi connectivity index (χ4v) is 3.44. The third-order valence-electron chi connectivity index (χ3n) is 4.89. The van der Waals surface area contributed by atoms with Crippen LogP contribution >= 0.6 is 24.0 Å². The third kappa shape index (κ3) is 7.46. The highest BCUT2D eigenvalue weighted by Crippen LogP contribution is 2.14. The van der Waals surface area contributed by atoms with Gasteiger partial charge in [-0.05, 0) is 45.4 Å². The predicted molar refractivity (Wildman–Crippen MR) is 131 cm³/mol. The Bertz CT molecular complexity index is 802. The van der Waals surface area contributed by atoms with Gasteiger partial charge in [-0.2, -0.15) is 0 Å². The maximum atomic E-state index is 6.02. The lowest BCUT2D eigenvalue weighted by atomic mass is 10.2. The number of halogens is 1. The van der Waals surface area contributed by atoms with E-state index in [9.17, 15) is 0 Å². The fourth-order valence-electron chi connectivity index (χ4n) is 3.44. The van der Waals surface area contributed by atoms with Crippen molar-refractivity contribution in [2.45, 2.75) is 40.3 Å². The predicted octanol–water partition coefficient (Wildman–Crippen LogP) is 3.46. The van der Waals surface area contributed by atoms with Crippen molar-refractivity contribution in [2.75, 3.05) is 39.3 Å². The number of ether oxygens (including phenoxy) is 1. The molecule has 1 aliphatic rings. The lowest BCUT2D eigenvalue weighted by Crippen LogP contribution is -2.52. The number of hydrogen-bond acceptors (Lipinski definition) is 5. The molecule has 7 nitrogen and oxygen atoms in total. The molecule has 1 unspecified atom stereocenters. The minimum atomic E-state index is 0. The number of guanidine groups is 1. The molecule has 30 heavy (non-hydrogen) atoms. The highest BCUT2D eigenvalue weighted by Gasteiger charge is 2.20. The number of nitrogens with one attached hydrogen (secondary N) is 1. The number of rotatable bonds is 7. The van der Waals surface area contributed by atoms with Crippen molar-refractivity contribution in [3.8, 4) is 5.75 Å². The Balaban J connectivity index is 0.00000320. The second-order valence-electron chi connectivity index (χ2n) is 7.63. The number of nitrogens with zero attached hydrogens (tertiary/aromatic N) is 4. The van der Waals surface area contributed by atoms with Gasteiger partial charge < -0.3 is 19.5 Å². The van der Waals surface area contributed by atoms with Crippen molar-refractivity contribution < 1.29 is 9.26 Å². The third-order valence-corrected chi connectivity index (χ3v) is 4.89. The smallest absolute Gasteiger partial charge is 0.194 e. The van der Waals surface area contributed by atoms with Gasteiger partial charge in [0, 0.05) is 45.3 Å². The van der Waals surface area contributed by atoms with Crippen LogP contribution in [0.4, 0.5) is 0 Å². The molecule has 1 aromatic carbocycles. The second kappa shape index (κ2) is 12.1. The summed E-state index contributed by atoms with van der Waals surface area (Å²) >= 11 is 0. The summed E-state index contributed by atoms with van der Waals surface area (Å²) in [5.74, 6) is 2.72. The Hall–Kier alpha value is -1.81. The van der Waals surface area contributed by atoms with Gasteiger partial charge in [0.15, 0.2) is 5.96 Å². The van der Waals surface area contributed by atoms with E-state index in [1.165, 1.54) is 5.56 Å². The van der Waals surface area contributed by atoms with Gasteiger partial charge >= 0.3 is 0 Å². The Labute approximate surface area is 196 Å². The normalized spacial score (nSPS) is 16.1. The molecule has 1 atom stereocenters. The quantitative estimate of drug-likeness (QED) is 0.338. The van der Waals surface area contributed by atoms with E-state index in [0.29, 0.717) is 6.54 Å². The van der Waals surface area contributed by atoms with Crippen LogP contribution in [0.15, 0.2) is 39.8 Å². The molecule has 0 saturated carbocycles. The highest BCUT2D eigenvalue weighted by atomic mass is 127. The van der Waals surface area contributed by atoms with Crippen LogP contribution in [0.25, 0.3) is 0 Å². The maximum Gasteiger partial charge on any atom is 0.194 e. The SMILES string of the molecule is CCNC(=NCC(C)Oc1cccc(C)c1)N1CCN(Cc2cc(C)on2)CC1.I. The van der Waals surface area contributed by atoms with Crippen LogP contribution in [-0.4, -0.2) is 66.3 Å². The van der Waals surface area contributed by atoms with Crippen molar-refractivity contribution >= 4 is 29.9 Å². The summed E-state index contributed by atoms with van der Waals surface area (Å²) in [5.41, 5.74) is 2.20. The molecule has 0 spiro atoms.